The van der Waals surface area contributed by atoms with Gasteiger partial charge in [0.2, 0.25) is 10.2 Å². The fourth-order valence-corrected chi connectivity index (χ4v) is 4.34. The van der Waals surface area contributed by atoms with Crippen molar-refractivity contribution in [3.8, 4) is 11.5 Å². The third-order valence-electron chi connectivity index (χ3n) is 4.67. The van der Waals surface area contributed by atoms with Crippen LogP contribution >= 0.6 is 35.0 Å². The van der Waals surface area contributed by atoms with E-state index in [4.69, 9.17) is 38.1 Å². The maximum atomic E-state index is 13.0. The highest BCUT2D eigenvalue weighted by atomic mass is 35.5. The molecule has 0 aromatic heterocycles. The predicted octanol–water partition coefficient (Wildman–Crippen LogP) is 6.15. The number of hydrogen-bond acceptors (Lipinski definition) is 6. The first-order chi connectivity index (χ1) is 16.6. The molecule has 0 spiro atoms. The van der Waals surface area contributed by atoms with Gasteiger partial charge in [0.05, 0.1) is 17.2 Å². The summed E-state index contributed by atoms with van der Waals surface area (Å²) in [5.41, 5.74) is 0.822. The van der Waals surface area contributed by atoms with Crippen molar-refractivity contribution < 1.29 is 27.4 Å². The van der Waals surface area contributed by atoms with Gasteiger partial charge in [-0.15, -0.1) is 0 Å². The first kappa shape index (κ1) is 25.1. The van der Waals surface area contributed by atoms with E-state index in [1.165, 1.54) is 18.2 Å². The molecular weight excluding hydrogens is 528 g/mol. The molecule has 0 fully saturated rings. The zero-order valence-electron chi connectivity index (χ0n) is 17.8. The number of amidine groups is 2. The number of hydrazone groups is 1. The van der Waals surface area contributed by atoms with Crippen LogP contribution in [-0.4, -0.2) is 39.7 Å². The van der Waals surface area contributed by atoms with Gasteiger partial charge in [-0.2, -0.15) is 28.3 Å². The number of thioether (sulfide) groups is 1. The second-order valence-corrected chi connectivity index (χ2v) is 8.84. The Bertz CT molecular complexity index is 1310. The maximum absolute atomic E-state index is 13.0. The zero-order valence-corrected chi connectivity index (χ0v) is 20.1. The molecule has 2 aliphatic rings. The third kappa shape index (κ3) is 5.31. The number of carbonyl (C=O) groups excluding carboxylic acids is 1. The predicted molar refractivity (Wildman–Crippen MR) is 129 cm³/mol. The molecule has 2 heterocycles. The maximum Gasteiger partial charge on any atom is 0.441 e. The Morgan fingerprint density at radius 3 is 2.60 bits per heavy atom. The molecule has 182 valence electrons. The van der Waals surface area contributed by atoms with Crippen molar-refractivity contribution >= 4 is 63.0 Å². The quantitative estimate of drug-likeness (QED) is 0.442. The van der Waals surface area contributed by atoms with Crippen LogP contribution in [0.15, 0.2) is 52.1 Å². The average Bonchev–Trinajstić information content (AvgIpc) is 3.22. The number of hydrogen-bond donors (Lipinski definition) is 1. The number of nitrogens with one attached hydrogen (secondary N) is 1. The van der Waals surface area contributed by atoms with Gasteiger partial charge in [-0.3, -0.25) is 10.2 Å². The second-order valence-electron chi connectivity index (χ2n) is 7.07. The van der Waals surface area contributed by atoms with E-state index in [-0.39, 0.29) is 52.2 Å². The topological polar surface area (TPSA) is 87.3 Å². The van der Waals surface area contributed by atoms with Gasteiger partial charge in [0.15, 0.2) is 17.3 Å². The van der Waals surface area contributed by atoms with Crippen molar-refractivity contribution in [2.24, 2.45) is 10.1 Å². The van der Waals surface area contributed by atoms with Crippen LogP contribution in [0.25, 0.3) is 6.08 Å². The Kier molecular flexibility index (Phi) is 7.11. The number of alkyl halides is 3. The summed E-state index contributed by atoms with van der Waals surface area (Å²) in [5.74, 6) is -0.899. The lowest BCUT2D eigenvalue weighted by Crippen LogP contribution is -2.35. The SMILES string of the molecule is CCOc1cc(C=C2C(=N)N3N=C(C(F)(F)F)SC3=NC2=O)cc(Cl)c1OCc1ccccc1Cl. The summed E-state index contributed by atoms with van der Waals surface area (Å²) in [6.07, 6.45) is -3.44. The van der Waals surface area contributed by atoms with Gasteiger partial charge in [0, 0.05) is 10.6 Å². The number of carbonyl (C=O) groups is 1. The molecule has 0 aliphatic carbocycles. The summed E-state index contributed by atoms with van der Waals surface area (Å²) in [7, 11) is 0. The molecule has 0 bridgehead atoms. The Morgan fingerprint density at radius 1 is 1.17 bits per heavy atom. The van der Waals surface area contributed by atoms with Gasteiger partial charge in [-0.05, 0) is 48.5 Å². The lowest BCUT2D eigenvalue weighted by Gasteiger charge is -2.20. The third-order valence-corrected chi connectivity index (χ3v) is 6.27. The van der Waals surface area contributed by atoms with Crippen molar-refractivity contribution in [1.29, 1.82) is 5.41 Å². The summed E-state index contributed by atoms with van der Waals surface area (Å²) in [6.45, 7) is 2.16. The van der Waals surface area contributed by atoms with Crippen LogP contribution in [0.4, 0.5) is 13.2 Å². The summed E-state index contributed by atoms with van der Waals surface area (Å²) >= 11 is 12.8. The van der Waals surface area contributed by atoms with Crippen LogP contribution in [0.3, 0.4) is 0 Å². The smallest absolute Gasteiger partial charge is 0.441 e. The largest absolute Gasteiger partial charge is 0.490 e. The second kappa shape index (κ2) is 9.92. The van der Waals surface area contributed by atoms with Crippen LogP contribution in [0, 0.1) is 5.41 Å². The van der Waals surface area contributed by atoms with Gasteiger partial charge in [-0.1, -0.05) is 41.4 Å². The van der Waals surface area contributed by atoms with Crippen LogP contribution in [-0.2, 0) is 11.4 Å². The van der Waals surface area contributed by atoms with Crippen molar-refractivity contribution in [3.63, 3.8) is 0 Å². The number of benzene rings is 2. The Morgan fingerprint density at radius 2 is 1.91 bits per heavy atom. The van der Waals surface area contributed by atoms with E-state index in [0.717, 1.165) is 5.56 Å². The monoisotopic (exact) mass is 542 g/mol. The minimum Gasteiger partial charge on any atom is -0.490 e. The molecular formula is C22H15Cl2F3N4O3S. The Labute approximate surface area is 211 Å². The summed E-state index contributed by atoms with van der Waals surface area (Å²) in [6, 6.07) is 10.1. The number of amides is 1. The number of aliphatic imine (C=N–C) groups is 1. The highest BCUT2D eigenvalue weighted by molar-refractivity contribution is 8.27. The molecule has 0 atom stereocenters. The molecule has 0 saturated heterocycles. The van der Waals surface area contributed by atoms with E-state index < -0.39 is 23.0 Å². The van der Waals surface area contributed by atoms with Gasteiger partial charge in [0.1, 0.15) is 6.61 Å². The fraction of sp³-hybridized carbons (Fsp3) is 0.182. The standard InChI is InChI=1S/C22H15Cl2F3N4O3S/c1-2-33-16-9-11(8-15(24)17(16)34-10-12-5-3-4-6-14(12)23)7-13-18(28)31-21(29-19(13)32)35-20(30-31)22(25,26)27/h3-9,28H,2,10H2,1H3. The fourth-order valence-electron chi connectivity index (χ4n) is 3.11. The minimum atomic E-state index is -4.72. The van der Waals surface area contributed by atoms with E-state index in [0.29, 0.717) is 15.6 Å². The molecule has 2 aromatic carbocycles. The number of ether oxygens (including phenoxy) is 2. The van der Waals surface area contributed by atoms with Crippen molar-refractivity contribution in [1.82, 2.24) is 5.01 Å². The number of nitrogens with zero attached hydrogens (tertiary/aromatic N) is 3. The Hall–Kier alpha value is -3.02. The molecule has 7 nitrogen and oxygen atoms in total. The molecule has 1 amide bonds. The molecule has 2 aromatic rings. The number of halogens is 5. The molecule has 0 saturated carbocycles. The summed E-state index contributed by atoms with van der Waals surface area (Å²) < 4.78 is 50.5. The van der Waals surface area contributed by atoms with Crippen LogP contribution < -0.4 is 9.47 Å². The van der Waals surface area contributed by atoms with Crippen LogP contribution in [0.2, 0.25) is 10.0 Å². The summed E-state index contributed by atoms with van der Waals surface area (Å²) in [4.78, 5) is 16.1. The van der Waals surface area contributed by atoms with Gasteiger partial charge in [0.25, 0.3) is 5.91 Å². The van der Waals surface area contributed by atoms with E-state index in [1.54, 1.807) is 25.1 Å². The molecule has 1 N–H and O–H groups in total. The first-order valence-corrected chi connectivity index (χ1v) is 11.6. The number of rotatable bonds is 6. The number of fused-ring (bicyclic) bond motifs is 1. The van der Waals surface area contributed by atoms with Gasteiger partial charge < -0.3 is 9.47 Å². The highest BCUT2D eigenvalue weighted by Gasteiger charge is 2.46. The summed E-state index contributed by atoms with van der Waals surface area (Å²) in [5, 5.41) is 11.4. The van der Waals surface area contributed by atoms with Crippen molar-refractivity contribution in [3.05, 3.63) is 63.1 Å². The molecule has 35 heavy (non-hydrogen) atoms. The van der Waals surface area contributed by atoms with E-state index in [9.17, 15) is 18.0 Å². The van der Waals surface area contributed by atoms with Crippen molar-refractivity contribution in [2.45, 2.75) is 19.7 Å². The molecule has 0 radical (unpaired) electrons. The van der Waals surface area contributed by atoms with E-state index in [2.05, 4.69) is 10.1 Å². The average molecular weight is 543 g/mol. The molecule has 4 rings (SSSR count). The molecule has 13 heteroatoms. The van der Waals surface area contributed by atoms with Gasteiger partial charge in [-0.25, -0.2) is 0 Å². The normalized spacial score (nSPS) is 16.9. The lowest BCUT2D eigenvalue weighted by molar-refractivity contribution is -0.114. The molecule has 2 aliphatic heterocycles. The first-order valence-electron chi connectivity index (χ1n) is 9.98. The van der Waals surface area contributed by atoms with Gasteiger partial charge >= 0.3 is 6.18 Å². The minimum absolute atomic E-state index is 0.118. The lowest BCUT2D eigenvalue weighted by atomic mass is 10.1. The van der Waals surface area contributed by atoms with Crippen molar-refractivity contribution in [2.75, 3.05) is 6.61 Å². The highest BCUT2D eigenvalue weighted by Crippen LogP contribution is 2.39. The van der Waals surface area contributed by atoms with E-state index >= 15 is 0 Å². The zero-order chi connectivity index (χ0) is 25.3. The Balaban J connectivity index is 1.64. The van der Waals surface area contributed by atoms with Crippen LogP contribution in [0.1, 0.15) is 18.1 Å². The van der Waals surface area contributed by atoms with E-state index in [1.807, 2.05) is 6.07 Å². The molecule has 0 unspecified atom stereocenters. The van der Waals surface area contributed by atoms with Crippen LogP contribution in [0.5, 0.6) is 11.5 Å².